The Morgan fingerprint density at radius 3 is 2.20 bits per heavy atom. The van der Waals surface area contributed by atoms with Crippen molar-refractivity contribution in [3.05, 3.63) is 89.0 Å². The molecule has 0 unspecified atom stereocenters. The molecule has 0 aromatic heterocycles. The maximum Gasteiger partial charge on any atom is 0.251 e. The molecule has 220 valence electrons. The fourth-order valence-corrected chi connectivity index (χ4v) is 7.15. The molecule has 0 radical (unpaired) electrons. The van der Waals surface area contributed by atoms with Crippen LogP contribution in [0.2, 0.25) is 0 Å². The second-order valence-corrected chi connectivity index (χ2v) is 14.1. The summed E-state index contributed by atoms with van der Waals surface area (Å²) in [5.74, 6) is 0.234. The van der Waals surface area contributed by atoms with Gasteiger partial charge in [0.05, 0.1) is 29.9 Å². The van der Waals surface area contributed by atoms with Crippen LogP contribution in [-0.2, 0) is 26.6 Å². The number of nitrogens with zero attached hydrogens (tertiary/aromatic N) is 2. The molecule has 4 rings (SSSR count). The third kappa shape index (κ3) is 7.87. The Labute approximate surface area is 243 Å². The first-order chi connectivity index (χ1) is 19.4. The van der Waals surface area contributed by atoms with Gasteiger partial charge in [0.15, 0.2) is 0 Å². The van der Waals surface area contributed by atoms with Gasteiger partial charge in [-0.3, -0.25) is 9.10 Å². The lowest BCUT2D eigenvalue weighted by Crippen LogP contribution is -2.35. The van der Waals surface area contributed by atoms with Crippen LogP contribution in [0, 0.1) is 13.8 Å². The van der Waals surface area contributed by atoms with Crippen LogP contribution in [-0.4, -0.2) is 59.5 Å². The average Bonchev–Trinajstić information content (AvgIpc) is 2.96. The highest BCUT2D eigenvalue weighted by Gasteiger charge is 2.26. The highest BCUT2D eigenvalue weighted by molar-refractivity contribution is 7.92. The van der Waals surface area contributed by atoms with E-state index < -0.39 is 20.0 Å². The third-order valence-electron chi connectivity index (χ3n) is 7.01. The molecule has 1 N–H and O–H groups in total. The quantitative estimate of drug-likeness (QED) is 0.330. The minimum atomic E-state index is -3.53. The van der Waals surface area contributed by atoms with Crippen molar-refractivity contribution in [1.29, 1.82) is 0 Å². The van der Waals surface area contributed by atoms with Crippen LogP contribution >= 0.6 is 0 Å². The summed E-state index contributed by atoms with van der Waals surface area (Å²) in [6, 6.07) is 18.8. The number of carbonyl (C=O) groups is 1. The van der Waals surface area contributed by atoms with Crippen molar-refractivity contribution in [3.8, 4) is 5.75 Å². The van der Waals surface area contributed by atoms with Gasteiger partial charge in [-0.05, 0) is 85.8 Å². The first-order valence-corrected chi connectivity index (χ1v) is 16.9. The molecule has 9 nitrogen and oxygen atoms in total. The summed E-state index contributed by atoms with van der Waals surface area (Å²) < 4.78 is 59.3. The van der Waals surface area contributed by atoms with Crippen LogP contribution in [0.25, 0.3) is 0 Å². The van der Waals surface area contributed by atoms with E-state index in [-0.39, 0.29) is 30.5 Å². The molecule has 0 bridgehead atoms. The maximum absolute atomic E-state index is 12.8. The van der Waals surface area contributed by atoms with Crippen molar-refractivity contribution in [2.75, 3.05) is 36.8 Å². The predicted octanol–water partition coefficient (Wildman–Crippen LogP) is 4.25. The molecule has 1 fully saturated rings. The predicted molar refractivity (Wildman–Crippen MR) is 160 cm³/mol. The standard InChI is InChI=1S/C30H37N3O6S2/c1-23-7-8-24(2)29(21-23)33(40(3,35)36)22-25-9-11-26(12-10-25)30(34)31-17-20-39-27-13-15-28(16-14-27)41(37,38)32-18-5-4-6-19-32/h7-16,21H,4-6,17-20,22H2,1-3H3,(H,31,34). The Morgan fingerprint density at radius 1 is 0.902 bits per heavy atom. The van der Waals surface area contributed by atoms with E-state index in [1.165, 1.54) is 14.9 Å². The molecule has 0 spiro atoms. The number of anilines is 1. The van der Waals surface area contributed by atoms with E-state index in [2.05, 4.69) is 5.32 Å². The molecule has 1 heterocycles. The molecular formula is C30H37N3O6S2. The zero-order valence-corrected chi connectivity index (χ0v) is 25.3. The lowest BCUT2D eigenvalue weighted by atomic mass is 10.1. The second-order valence-electron chi connectivity index (χ2n) is 10.3. The van der Waals surface area contributed by atoms with Crippen molar-refractivity contribution in [2.24, 2.45) is 0 Å². The van der Waals surface area contributed by atoms with Crippen molar-refractivity contribution >= 4 is 31.6 Å². The Hall–Kier alpha value is -3.41. The summed E-state index contributed by atoms with van der Waals surface area (Å²) >= 11 is 0. The maximum atomic E-state index is 12.8. The van der Waals surface area contributed by atoms with Crippen LogP contribution in [0.4, 0.5) is 5.69 Å². The molecule has 41 heavy (non-hydrogen) atoms. The number of hydrogen-bond donors (Lipinski definition) is 1. The normalized spacial score (nSPS) is 14.4. The molecule has 0 aliphatic carbocycles. The smallest absolute Gasteiger partial charge is 0.251 e. The summed E-state index contributed by atoms with van der Waals surface area (Å²) in [6.07, 6.45) is 4.00. The Morgan fingerprint density at radius 2 is 1.56 bits per heavy atom. The van der Waals surface area contributed by atoms with Gasteiger partial charge in [0, 0.05) is 18.7 Å². The lowest BCUT2D eigenvalue weighted by Gasteiger charge is -2.25. The van der Waals surface area contributed by atoms with Crippen LogP contribution in [0.3, 0.4) is 0 Å². The fraction of sp³-hybridized carbons (Fsp3) is 0.367. The van der Waals surface area contributed by atoms with Crippen molar-refractivity contribution in [2.45, 2.75) is 44.6 Å². The molecule has 3 aromatic carbocycles. The van der Waals surface area contributed by atoms with Gasteiger partial charge >= 0.3 is 0 Å². The van der Waals surface area contributed by atoms with Crippen molar-refractivity contribution in [1.82, 2.24) is 9.62 Å². The Bertz CT molecular complexity index is 1570. The van der Waals surface area contributed by atoms with Gasteiger partial charge in [-0.15, -0.1) is 0 Å². The molecule has 1 saturated heterocycles. The Kier molecular flexibility index (Phi) is 9.72. The van der Waals surface area contributed by atoms with Crippen molar-refractivity contribution in [3.63, 3.8) is 0 Å². The average molecular weight is 600 g/mol. The number of carbonyl (C=O) groups excluding carboxylic acids is 1. The molecule has 1 aliphatic rings. The number of ether oxygens (including phenoxy) is 1. The number of hydrogen-bond acceptors (Lipinski definition) is 6. The minimum Gasteiger partial charge on any atom is -0.492 e. The highest BCUT2D eigenvalue weighted by Crippen LogP contribution is 2.26. The molecule has 0 atom stereocenters. The minimum absolute atomic E-state index is 0.150. The summed E-state index contributed by atoms with van der Waals surface area (Å²) in [7, 11) is -7.02. The number of sulfonamides is 2. The van der Waals surface area contributed by atoms with Crippen LogP contribution < -0.4 is 14.4 Å². The van der Waals surface area contributed by atoms with Gasteiger partial charge in [0.25, 0.3) is 5.91 Å². The van der Waals surface area contributed by atoms with E-state index in [1.54, 1.807) is 48.5 Å². The number of piperidine rings is 1. The number of rotatable bonds is 11. The number of aryl methyl sites for hydroxylation is 2. The van der Waals surface area contributed by atoms with Crippen molar-refractivity contribution < 1.29 is 26.4 Å². The number of benzene rings is 3. The zero-order valence-electron chi connectivity index (χ0n) is 23.7. The van der Waals surface area contributed by atoms with Gasteiger partial charge in [-0.2, -0.15) is 4.31 Å². The first kappa shape index (κ1) is 30.5. The molecule has 3 aromatic rings. The monoisotopic (exact) mass is 599 g/mol. The van der Waals surface area contributed by atoms with Gasteiger partial charge in [-0.1, -0.05) is 30.7 Å². The van der Waals surface area contributed by atoms with E-state index in [0.29, 0.717) is 30.1 Å². The van der Waals surface area contributed by atoms with E-state index in [9.17, 15) is 21.6 Å². The van der Waals surface area contributed by atoms with Crippen LogP contribution in [0.5, 0.6) is 5.75 Å². The van der Waals surface area contributed by atoms with Gasteiger partial charge in [0.1, 0.15) is 12.4 Å². The van der Waals surface area contributed by atoms with Gasteiger partial charge in [0.2, 0.25) is 20.0 Å². The second kappa shape index (κ2) is 13.1. The third-order valence-corrected chi connectivity index (χ3v) is 10.0. The fourth-order valence-electron chi connectivity index (χ4n) is 4.69. The summed E-state index contributed by atoms with van der Waals surface area (Å²) in [6.45, 7) is 5.51. The Balaban J connectivity index is 1.28. The first-order valence-electron chi connectivity index (χ1n) is 13.6. The molecule has 0 saturated carbocycles. The zero-order chi connectivity index (χ0) is 29.6. The van der Waals surface area contributed by atoms with E-state index >= 15 is 0 Å². The summed E-state index contributed by atoms with van der Waals surface area (Å²) in [5, 5.41) is 2.80. The summed E-state index contributed by atoms with van der Waals surface area (Å²) in [5.41, 5.74) is 3.65. The van der Waals surface area contributed by atoms with E-state index in [1.807, 2.05) is 32.0 Å². The summed E-state index contributed by atoms with van der Waals surface area (Å²) in [4.78, 5) is 12.9. The number of nitrogens with one attached hydrogen (secondary N) is 1. The van der Waals surface area contributed by atoms with Crippen LogP contribution in [0.15, 0.2) is 71.6 Å². The molecule has 1 aliphatic heterocycles. The number of amides is 1. The van der Waals surface area contributed by atoms with Gasteiger partial charge < -0.3 is 10.1 Å². The molecular weight excluding hydrogens is 562 g/mol. The van der Waals surface area contributed by atoms with Gasteiger partial charge in [-0.25, -0.2) is 16.8 Å². The molecule has 11 heteroatoms. The topological polar surface area (TPSA) is 113 Å². The lowest BCUT2D eigenvalue weighted by molar-refractivity contribution is 0.0947. The van der Waals surface area contributed by atoms with E-state index in [4.69, 9.17) is 4.74 Å². The van der Waals surface area contributed by atoms with E-state index in [0.717, 1.165) is 36.0 Å². The largest absolute Gasteiger partial charge is 0.492 e. The van der Waals surface area contributed by atoms with Crippen LogP contribution in [0.1, 0.15) is 46.3 Å². The molecule has 1 amide bonds. The highest BCUT2D eigenvalue weighted by atomic mass is 32.2. The SMILES string of the molecule is Cc1ccc(C)c(N(Cc2ccc(C(=O)NCCOc3ccc(S(=O)(=O)N4CCCCC4)cc3)cc2)S(C)(=O)=O)c1.